The van der Waals surface area contributed by atoms with E-state index in [1.165, 1.54) is 0 Å². The molecule has 0 aliphatic heterocycles. The van der Waals surface area contributed by atoms with Gasteiger partial charge >= 0.3 is 18.1 Å². The zero-order valence-electron chi connectivity index (χ0n) is 13.9. The lowest BCUT2D eigenvalue weighted by molar-refractivity contribution is -0.388. The van der Waals surface area contributed by atoms with Crippen LogP contribution in [0.15, 0.2) is 46.9 Å². The van der Waals surface area contributed by atoms with Crippen molar-refractivity contribution in [2.24, 2.45) is 0 Å². The van der Waals surface area contributed by atoms with E-state index in [1.54, 1.807) is 24.3 Å². The second-order valence-electron chi connectivity index (χ2n) is 5.36. The second-order valence-corrected chi connectivity index (χ2v) is 5.80. The van der Waals surface area contributed by atoms with Crippen molar-refractivity contribution in [3.8, 4) is 17.2 Å². The summed E-state index contributed by atoms with van der Waals surface area (Å²) >= 11 is 5.86. The van der Waals surface area contributed by atoms with E-state index in [0.717, 1.165) is 6.07 Å². The molecule has 29 heavy (non-hydrogen) atoms. The number of aromatic nitrogens is 2. The third kappa shape index (κ3) is 4.99. The number of carbonyl (C=O) groups excluding carboxylic acids is 1. The van der Waals surface area contributed by atoms with Gasteiger partial charge in [0, 0.05) is 22.2 Å². The fourth-order valence-corrected chi connectivity index (χ4v) is 2.38. The molecule has 3 aromatic rings. The highest BCUT2D eigenvalue weighted by atomic mass is 35.5. The van der Waals surface area contributed by atoms with Crippen LogP contribution in [0.25, 0.3) is 11.5 Å². The Morgan fingerprint density at radius 1 is 1.21 bits per heavy atom. The van der Waals surface area contributed by atoms with Crippen molar-refractivity contribution in [2.75, 3.05) is 5.32 Å². The lowest BCUT2D eigenvalue weighted by Gasteiger charge is -2.09. The van der Waals surface area contributed by atoms with E-state index in [9.17, 15) is 28.1 Å². The predicted molar refractivity (Wildman–Crippen MR) is 92.5 cm³/mol. The normalized spacial score (nSPS) is 11.2. The van der Waals surface area contributed by atoms with E-state index in [1.807, 2.05) is 0 Å². The number of ether oxygens (including phenoxy) is 1. The molecule has 0 aliphatic carbocycles. The third-order valence-electron chi connectivity index (χ3n) is 3.36. The fourth-order valence-electron chi connectivity index (χ4n) is 2.19. The summed E-state index contributed by atoms with van der Waals surface area (Å²) in [7, 11) is 0. The summed E-state index contributed by atoms with van der Waals surface area (Å²) in [6.45, 7) is 0. The molecule has 3 rings (SSSR count). The van der Waals surface area contributed by atoms with Crippen LogP contribution in [0, 0.1) is 10.1 Å². The number of hydrogen-bond acceptors (Lipinski definition) is 7. The molecule has 1 aromatic heterocycles. The molecule has 0 fully saturated rings. The van der Waals surface area contributed by atoms with Gasteiger partial charge in [0.05, 0.1) is 4.92 Å². The highest BCUT2D eigenvalue weighted by Crippen LogP contribution is 2.33. The molecule has 0 saturated heterocycles. The highest BCUT2D eigenvalue weighted by molar-refractivity contribution is 6.30. The van der Waals surface area contributed by atoms with Crippen molar-refractivity contribution >= 4 is 29.2 Å². The first-order valence-corrected chi connectivity index (χ1v) is 7.95. The molecule has 2 aromatic carbocycles. The molecule has 1 amide bonds. The average Bonchev–Trinajstić information content (AvgIpc) is 3.09. The Morgan fingerprint density at radius 2 is 1.97 bits per heavy atom. The van der Waals surface area contributed by atoms with Gasteiger partial charge in [-0.1, -0.05) is 22.8 Å². The van der Waals surface area contributed by atoms with Gasteiger partial charge in [0.25, 0.3) is 5.91 Å². The van der Waals surface area contributed by atoms with Gasteiger partial charge in [-0.3, -0.25) is 20.2 Å². The molecule has 0 atom stereocenters. The Kier molecular flexibility index (Phi) is 5.37. The number of nitrogens with one attached hydrogen (secondary N) is 1. The number of nitro benzene ring substituents is 1. The van der Waals surface area contributed by atoms with Gasteiger partial charge in [0.2, 0.25) is 11.6 Å². The molecular weight excluding hydrogens is 421 g/mol. The van der Waals surface area contributed by atoms with Crippen molar-refractivity contribution in [1.82, 2.24) is 10.2 Å². The number of benzene rings is 2. The standard InChI is InChI=1S/C16H8ClF3N4O5/c17-10-3-1-2-9(6-10)14-22-23-15(28-14)21-13(25)8-4-5-12(29-16(18,19)20)11(7-8)24(26)27/h1-7H,(H,21,23,25). The van der Waals surface area contributed by atoms with Gasteiger partial charge in [0.15, 0.2) is 0 Å². The Labute approximate surface area is 164 Å². The number of amides is 1. The number of halogens is 4. The van der Waals surface area contributed by atoms with Crippen LogP contribution in [0.5, 0.6) is 5.75 Å². The minimum absolute atomic E-state index is 0.0442. The van der Waals surface area contributed by atoms with E-state index < -0.39 is 28.6 Å². The van der Waals surface area contributed by atoms with E-state index in [2.05, 4.69) is 20.3 Å². The first kappa shape index (κ1) is 20.1. The number of rotatable bonds is 5. The Morgan fingerprint density at radius 3 is 2.62 bits per heavy atom. The molecule has 0 radical (unpaired) electrons. The molecule has 1 N–H and O–H groups in total. The maximum absolute atomic E-state index is 12.3. The van der Waals surface area contributed by atoms with E-state index in [-0.39, 0.29) is 17.5 Å². The van der Waals surface area contributed by atoms with Crippen LogP contribution >= 0.6 is 11.6 Å². The summed E-state index contributed by atoms with van der Waals surface area (Å²) in [6, 6.07) is 8.32. The summed E-state index contributed by atoms with van der Waals surface area (Å²) in [5.41, 5.74) is -0.886. The first-order valence-electron chi connectivity index (χ1n) is 7.57. The molecule has 0 bridgehead atoms. The fraction of sp³-hybridized carbons (Fsp3) is 0.0625. The Hall–Kier alpha value is -3.67. The van der Waals surface area contributed by atoms with E-state index >= 15 is 0 Å². The van der Waals surface area contributed by atoms with Crippen molar-refractivity contribution in [1.29, 1.82) is 0 Å². The van der Waals surface area contributed by atoms with Crippen LogP contribution in [0.4, 0.5) is 24.9 Å². The summed E-state index contributed by atoms with van der Waals surface area (Å²) < 4.78 is 45.9. The molecule has 1 heterocycles. The minimum atomic E-state index is -5.13. The second kappa shape index (κ2) is 7.75. The lowest BCUT2D eigenvalue weighted by atomic mass is 10.2. The first-order chi connectivity index (χ1) is 13.6. The number of hydrogen-bond donors (Lipinski definition) is 1. The third-order valence-corrected chi connectivity index (χ3v) is 3.60. The van der Waals surface area contributed by atoms with E-state index in [4.69, 9.17) is 16.0 Å². The van der Waals surface area contributed by atoms with Crippen molar-refractivity contribution in [3.05, 3.63) is 63.2 Å². The average molecular weight is 429 g/mol. The number of alkyl halides is 3. The van der Waals surface area contributed by atoms with Crippen LogP contribution in [0.1, 0.15) is 10.4 Å². The zero-order valence-corrected chi connectivity index (χ0v) is 14.7. The summed E-state index contributed by atoms with van der Waals surface area (Å²) in [6.07, 6.45) is -5.13. The number of anilines is 1. The van der Waals surface area contributed by atoms with Crippen LogP contribution in [-0.4, -0.2) is 27.4 Å². The Balaban J connectivity index is 1.81. The molecule has 0 unspecified atom stereocenters. The number of nitrogens with zero attached hydrogens (tertiary/aromatic N) is 3. The SMILES string of the molecule is O=C(Nc1nnc(-c2cccc(Cl)c2)o1)c1ccc(OC(F)(F)F)c([N+](=O)[O-])c1. The van der Waals surface area contributed by atoms with E-state index in [0.29, 0.717) is 22.7 Å². The predicted octanol–water partition coefficient (Wildman–Crippen LogP) is 4.45. The summed E-state index contributed by atoms with van der Waals surface area (Å²) in [5.74, 6) is -1.93. The minimum Gasteiger partial charge on any atom is -0.403 e. The largest absolute Gasteiger partial charge is 0.573 e. The van der Waals surface area contributed by atoms with Gasteiger partial charge in [-0.15, -0.1) is 18.3 Å². The van der Waals surface area contributed by atoms with Crippen LogP contribution in [0.3, 0.4) is 0 Å². The molecule has 13 heteroatoms. The quantitative estimate of drug-likeness (QED) is 0.470. The van der Waals surface area contributed by atoms with Crippen LogP contribution in [0.2, 0.25) is 5.02 Å². The van der Waals surface area contributed by atoms with Crippen LogP contribution < -0.4 is 10.1 Å². The van der Waals surface area contributed by atoms with Crippen molar-refractivity contribution in [3.63, 3.8) is 0 Å². The zero-order chi connectivity index (χ0) is 21.2. The smallest absolute Gasteiger partial charge is 0.403 e. The van der Waals surface area contributed by atoms with Gasteiger partial charge < -0.3 is 9.15 Å². The summed E-state index contributed by atoms with van der Waals surface area (Å²) in [4.78, 5) is 22.1. The molecule has 0 spiro atoms. The lowest BCUT2D eigenvalue weighted by Crippen LogP contribution is -2.18. The van der Waals surface area contributed by atoms with Crippen molar-refractivity contribution in [2.45, 2.75) is 6.36 Å². The molecule has 0 saturated carbocycles. The van der Waals surface area contributed by atoms with Gasteiger partial charge in [0.1, 0.15) is 0 Å². The molecular formula is C16H8ClF3N4O5. The number of nitro groups is 1. The maximum Gasteiger partial charge on any atom is 0.573 e. The van der Waals surface area contributed by atoms with Crippen LogP contribution in [-0.2, 0) is 0 Å². The monoisotopic (exact) mass is 428 g/mol. The topological polar surface area (TPSA) is 120 Å². The maximum atomic E-state index is 12.3. The molecule has 150 valence electrons. The van der Waals surface area contributed by atoms with Gasteiger partial charge in [-0.2, -0.15) is 0 Å². The Bertz CT molecular complexity index is 1090. The molecule has 0 aliphatic rings. The van der Waals surface area contributed by atoms with Gasteiger partial charge in [-0.05, 0) is 30.3 Å². The summed E-state index contributed by atoms with van der Waals surface area (Å²) in [5, 5.41) is 21.0. The van der Waals surface area contributed by atoms with Crippen molar-refractivity contribution < 1.29 is 32.0 Å². The number of carbonyl (C=O) groups is 1. The molecule has 9 nitrogen and oxygen atoms in total. The highest BCUT2D eigenvalue weighted by Gasteiger charge is 2.34. The van der Waals surface area contributed by atoms with Gasteiger partial charge in [-0.25, -0.2) is 0 Å².